The van der Waals surface area contributed by atoms with E-state index in [0.717, 1.165) is 22.3 Å². The molecule has 1 heterocycles. The monoisotopic (exact) mass is 348 g/mol. The van der Waals surface area contributed by atoms with Crippen molar-refractivity contribution in [3.63, 3.8) is 0 Å². The van der Waals surface area contributed by atoms with Crippen molar-refractivity contribution in [2.75, 3.05) is 0 Å². The Hall–Kier alpha value is -2.17. The van der Waals surface area contributed by atoms with E-state index in [1.54, 1.807) is 20.8 Å². The minimum absolute atomic E-state index is 0.0930. The van der Waals surface area contributed by atoms with E-state index in [-0.39, 0.29) is 11.5 Å². The molecule has 25 heavy (non-hydrogen) atoms. The van der Waals surface area contributed by atoms with Crippen LogP contribution in [0.15, 0.2) is 11.8 Å². The summed E-state index contributed by atoms with van der Waals surface area (Å²) in [5.74, 6) is 0.569. The Morgan fingerprint density at radius 2 is 1.84 bits per heavy atom. The van der Waals surface area contributed by atoms with Crippen LogP contribution in [0.5, 0.6) is 11.5 Å². The Bertz CT molecular complexity index is 741. The molecule has 1 aromatic carbocycles. The van der Waals surface area contributed by atoms with Gasteiger partial charge in [0.05, 0.1) is 5.76 Å². The molecule has 0 spiro atoms. The fourth-order valence-electron chi connectivity index (χ4n) is 3.27. The Morgan fingerprint density at radius 1 is 1.24 bits per heavy atom. The summed E-state index contributed by atoms with van der Waals surface area (Å²) in [5.41, 5.74) is 1.29. The third-order valence-electron chi connectivity index (χ3n) is 4.86. The van der Waals surface area contributed by atoms with E-state index in [2.05, 4.69) is 0 Å². The molecule has 0 aliphatic carbocycles. The fraction of sp³-hybridized carbons (Fsp3) is 0.550. The summed E-state index contributed by atoms with van der Waals surface area (Å²) < 4.78 is 11.7. The van der Waals surface area contributed by atoms with Gasteiger partial charge in [0.15, 0.2) is 0 Å². The smallest absolute Gasteiger partial charge is 0.351 e. The van der Waals surface area contributed by atoms with Crippen LogP contribution in [0.25, 0.3) is 0 Å². The number of esters is 1. The summed E-state index contributed by atoms with van der Waals surface area (Å²) in [6.07, 6.45) is 2.57. The van der Waals surface area contributed by atoms with Crippen molar-refractivity contribution in [3.8, 4) is 11.5 Å². The highest BCUT2D eigenvalue weighted by molar-refractivity contribution is 5.81. The number of carbonyl (C=O) groups is 1. The molecule has 1 aliphatic rings. The van der Waals surface area contributed by atoms with Gasteiger partial charge in [-0.05, 0) is 77.7 Å². The second-order valence-electron chi connectivity index (χ2n) is 7.64. The standard InChI is InChI=1S/C20H28O5/c1-11(21)10-19(5,6)25-18(23)20(7)9-8-15-14(4)16(22)12(2)13(3)17(15)24-20/h10,21-22H,8-9H2,1-7H3/b11-10+/t20-/m0/s1. The van der Waals surface area contributed by atoms with Crippen molar-refractivity contribution in [2.24, 2.45) is 0 Å². The largest absolute Gasteiger partial charge is 0.513 e. The third-order valence-corrected chi connectivity index (χ3v) is 4.86. The molecule has 0 saturated carbocycles. The molecular formula is C20H28O5. The number of phenolic OH excluding ortho intramolecular Hbond substituents is 1. The maximum absolute atomic E-state index is 12.8. The van der Waals surface area contributed by atoms with Gasteiger partial charge in [0.2, 0.25) is 5.60 Å². The van der Waals surface area contributed by atoms with Crippen molar-refractivity contribution in [1.82, 2.24) is 0 Å². The van der Waals surface area contributed by atoms with E-state index in [1.165, 1.54) is 13.0 Å². The predicted octanol–water partition coefficient (Wildman–Crippen LogP) is 4.18. The van der Waals surface area contributed by atoms with Crippen LogP contribution in [0.3, 0.4) is 0 Å². The van der Waals surface area contributed by atoms with E-state index in [0.29, 0.717) is 18.6 Å². The van der Waals surface area contributed by atoms with Crippen molar-refractivity contribution in [3.05, 3.63) is 34.1 Å². The van der Waals surface area contributed by atoms with Crippen LogP contribution in [0.4, 0.5) is 0 Å². The Kier molecular flexibility index (Phi) is 4.81. The van der Waals surface area contributed by atoms with Crippen LogP contribution in [0, 0.1) is 20.8 Å². The van der Waals surface area contributed by atoms with E-state index < -0.39 is 17.2 Å². The minimum Gasteiger partial charge on any atom is -0.513 e. The Balaban J connectivity index is 2.35. The van der Waals surface area contributed by atoms with Gasteiger partial charge in [-0.3, -0.25) is 0 Å². The number of hydrogen-bond donors (Lipinski definition) is 2. The van der Waals surface area contributed by atoms with Gasteiger partial charge in [-0.15, -0.1) is 0 Å². The molecule has 1 aromatic rings. The van der Waals surface area contributed by atoms with Crippen LogP contribution >= 0.6 is 0 Å². The molecular weight excluding hydrogens is 320 g/mol. The van der Waals surface area contributed by atoms with Crippen molar-refractivity contribution < 1.29 is 24.5 Å². The second kappa shape index (κ2) is 6.28. The first-order chi connectivity index (χ1) is 11.4. The molecule has 138 valence electrons. The Morgan fingerprint density at radius 3 is 2.40 bits per heavy atom. The molecule has 2 N–H and O–H groups in total. The first kappa shape index (κ1) is 19.2. The molecule has 0 amide bonds. The predicted molar refractivity (Wildman–Crippen MR) is 96.2 cm³/mol. The van der Waals surface area contributed by atoms with Crippen LogP contribution in [-0.4, -0.2) is 27.4 Å². The van der Waals surface area contributed by atoms with E-state index >= 15 is 0 Å². The van der Waals surface area contributed by atoms with Crippen molar-refractivity contribution in [1.29, 1.82) is 0 Å². The number of carbonyl (C=O) groups excluding carboxylic acids is 1. The second-order valence-corrected chi connectivity index (χ2v) is 7.64. The third kappa shape index (κ3) is 3.60. The average molecular weight is 348 g/mol. The van der Waals surface area contributed by atoms with Crippen molar-refractivity contribution in [2.45, 2.75) is 72.5 Å². The number of fused-ring (bicyclic) bond motifs is 1. The van der Waals surface area contributed by atoms with Gasteiger partial charge in [-0.1, -0.05) is 0 Å². The summed E-state index contributed by atoms with van der Waals surface area (Å²) in [5, 5.41) is 19.7. The number of rotatable bonds is 3. The van der Waals surface area contributed by atoms with Crippen LogP contribution in [0.2, 0.25) is 0 Å². The number of aromatic hydroxyl groups is 1. The van der Waals surface area contributed by atoms with Gasteiger partial charge < -0.3 is 19.7 Å². The molecule has 1 aliphatic heterocycles. The number of benzene rings is 1. The van der Waals surface area contributed by atoms with Gasteiger partial charge in [-0.2, -0.15) is 0 Å². The lowest BCUT2D eigenvalue weighted by Gasteiger charge is -2.37. The highest BCUT2D eigenvalue weighted by Gasteiger charge is 2.44. The SMILES string of the molecule is C/C(O)=C\C(C)(C)OC(=O)[C@]1(C)CCc2c(C)c(O)c(C)c(C)c2O1. The summed E-state index contributed by atoms with van der Waals surface area (Å²) >= 11 is 0. The molecule has 0 radical (unpaired) electrons. The van der Waals surface area contributed by atoms with Crippen LogP contribution in [-0.2, 0) is 16.0 Å². The maximum atomic E-state index is 12.8. The van der Waals surface area contributed by atoms with Gasteiger partial charge in [0.1, 0.15) is 17.1 Å². The normalized spacial score (nSPS) is 20.7. The Labute approximate surface area is 149 Å². The lowest BCUT2D eigenvalue weighted by Crippen LogP contribution is -2.48. The lowest BCUT2D eigenvalue weighted by molar-refractivity contribution is -0.171. The molecule has 5 nitrogen and oxygen atoms in total. The number of aliphatic hydroxyl groups is 1. The molecule has 0 aromatic heterocycles. The number of ether oxygens (including phenoxy) is 2. The molecule has 0 saturated heterocycles. The molecule has 0 bridgehead atoms. The van der Waals surface area contributed by atoms with Gasteiger partial charge in [0.25, 0.3) is 0 Å². The highest BCUT2D eigenvalue weighted by Crippen LogP contribution is 2.43. The highest BCUT2D eigenvalue weighted by atomic mass is 16.6. The van der Waals surface area contributed by atoms with Crippen LogP contribution < -0.4 is 4.74 Å². The maximum Gasteiger partial charge on any atom is 0.351 e. The molecule has 0 unspecified atom stereocenters. The fourth-order valence-corrected chi connectivity index (χ4v) is 3.27. The first-order valence-electron chi connectivity index (χ1n) is 8.50. The zero-order chi connectivity index (χ0) is 19.2. The quantitative estimate of drug-likeness (QED) is 0.633. The zero-order valence-electron chi connectivity index (χ0n) is 16.1. The number of allylic oxidation sites excluding steroid dienone is 1. The summed E-state index contributed by atoms with van der Waals surface area (Å²) in [6.45, 7) is 12.3. The van der Waals surface area contributed by atoms with E-state index in [4.69, 9.17) is 9.47 Å². The minimum atomic E-state index is -1.11. The zero-order valence-corrected chi connectivity index (χ0v) is 16.1. The van der Waals surface area contributed by atoms with Crippen LogP contribution in [0.1, 0.15) is 56.4 Å². The van der Waals surface area contributed by atoms with E-state index in [9.17, 15) is 15.0 Å². The molecule has 5 heteroatoms. The van der Waals surface area contributed by atoms with Gasteiger partial charge in [-0.25, -0.2) is 4.79 Å². The number of phenols is 1. The first-order valence-corrected chi connectivity index (χ1v) is 8.50. The summed E-state index contributed by atoms with van der Waals surface area (Å²) in [7, 11) is 0. The van der Waals surface area contributed by atoms with Crippen molar-refractivity contribution >= 4 is 5.97 Å². The van der Waals surface area contributed by atoms with E-state index in [1.807, 2.05) is 20.8 Å². The average Bonchev–Trinajstić information content (AvgIpc) is 2.49. The summed E-state index contributed by atoms with van der Waals surface area (Å²) in [4.78, 5) is 12.8. The number of hydrogen-bond acceptors (Lipinski definition) is 5. The molecule has 0 fully saturated rings. The van der Waals surface area contributed by atoms with Gasteiger partial charge in [0, 0.05) is 12.0 Å². The topological polar surface area (TPSA) is 76.0 Å². The van der Waals surface area contributed by atoms with Gasteiger partial charge >= 0.3 is 5.97 Å². The lowest BCUT2D eigenvalue weighted by atomic mass is 9.87. The summed E-state index contributed by atoms with van der Waals surface area (Å²) in [6, 6.07) is 0. The molecule has 1 atom stereocenters. The molecule has 2 rings (SSSR count). The number of aliphatic hydroxyl groups excluding tert-OH is 1.